The van der Waals surface area contributed by atoms with Gasteiger partial charge in [-0.1, -0.05) is 55.2 Å². The topological polar surface area (TPSA) is 29.1 Å². The fourth-order valence-corrected chi connectivity index (χ4v) is 2.47. The van der Waals surface area contributed by atoms with Crippen LogP contribution in [0.3, 0.4) is 0 Å². The lowest BCUT2D eigenvalue weighted by atomic mass is 10.0. The van der Waals surface area contributed by atoms with E-state index in [-0.39, 0.29) is 21.5 Å². The van der Waals surface area contributed by atoms with Gasteiger partial charge in [-0.15, -0.1) is 0 Å². The first-order valence-corrected chi connectivity index (χ1v) is 7.20. The number of carbonyl (C=O) groups is 1. The summed E-state index contributed by atoms with van der Waals surface area (Å²) in [5.74, 6) is -0.897. The maximum atomic E-state index is 13.5. The molecule has 110 valence electrons. The van der Waals surface area contributed by atoms with Gasteiger partial charge in [0.1, 0.15) is 5.82 Å². The molecule has 0 fully saturated rings. The van der Waals surface area contributed by atoms with E-state index in [1.165, 1.54) is 6.07 Å². The molecule has 0 aliphatic carbocycles. The van der Waals surface area contributed by atoms with Gasteiger partial charge in [0.05, 0.1) is 15.6 Å². The highest BCUT2D eigenvalue weighted by atomic mass is 35.5. The molecule has 2 aromatic carbocycles. The minimum Gasteiger partial charge on any atom is -0.322 e. The monoisotopic (exact) mass is 325 g/mol. The second-order valence-corrected chi connectivity index (χ2v) is 5.76. The van der Waals surface area contributed by atoms with Crippen LogP contribution in [0.25, 0.3) is 0 Å². The smallest absolute Gasteiger partial charge is 0.257 e. The van der Waals surface area contributed by atoms with Crippen molar-refractivity contribution in [3.05, 3.63) is 63.4 Å². The van der Waals surface area contributed by atoms with Gasteiger partial charge < -0.3 is 5.32 Å². The molecule has 1 amide bonds. The van der Waals surface area contributed by atoms with Crippen molar-refractivity contribution in [1.82, 2.24) is 0 Å². The summed E-state index contributed by atoms with van der Waals surface area (Å²) in [6, 6.07) is 9.73. The molecule has 0 aliphatic rings. The predicted molar refractivity (Wildman–Crippen MR) is 84.9 cm³/mol. The standard InChI is InChI=1S/C16H14Cl2FNO/c1-9(2)10-5-3-4-6-15(10)20-16(21)11-7-14(19)13(18)8-12(11)17/h3-9H,1-2H3,(H,20,21). The number of benzene rings is 2. The Labute approximate surface area is 132 Å². The van der Waals surface area contributed by atoms with Gasteiger partial charge in [0.25, 0.3) is 5.91 Å². The Balaban J connectivity index is 2.33. The number of rotatable bonds is 3. The van der Waals surface area contributed by atoms with Gasteiger partial charge in [-0.05, 0) is 29.7 Å². The van der Waals surface area contributed by atoms with Crippen LogP contribution in [0, 0.1) is 5.82 Å². The van der Waals surface area contributed by atoms with E-state index in [4.69, 9.17) is 23.2 Å². The molecule has 2 rings (SSSR count). The van der Waals surface area contributed by atoms with E-state index < -0.39 is 11.7 Å². The molecule has 0 aliphatic heterocycles. The third-order valence-corrected chi connectivity index (χ3v) is 3.69. The molecule has 0 atom stereocenters. The minimum atomic E-state index is -0.677. The number of amides is 1. The Morgan fingerprint density at radius 2 is 1.81 bits per heavy atom. The highest BCUT2D eigenvalue weighted by Crippen LogP contribution is 2.27. The number of hydrogen-bond acceptors (Lipinski definition) is 1. The number of hydrogen-bond donors (Lipinski definition) is 1. The van der Waals surface area contributed by atoms with E-state index in [1.54, 1.807) is 6.07 Å². The normalized spacial score (nSPS) is 10.8. The van der Waals surface area contributed by atoms with Crippen LogP contribution in [0.1, 0.15) is 35.7 Å². The first kappa shape index (κ1) is 15.8. The lowest BCUT2D eigenvalue weighted by Gasteiger charge is -2.14. The van der Waals surface area contributed by atoms with Gasteiger partial charge in [0, 0.05) is 5.69 Å². The largest absolute Gasteiger partial charge is 0.322 e. The molecule has 2 nitrogen and oxygen atoms in total. The maximum absolute atomic E-state index is 13.5. The van der Waals surface area contributed by atoms with Gasteiger partial charge in [-0.25, -0.2) is 4.39 Å². The Morgan fingerprint density at radius 3 is 2.48 bits per heavy atom. The SMILES string of the molecule is CC(C)c1ccccc1NC(=O)c1cc(F)c(Cl)cc1Cl. The number of carbonyl (C=O) groups excluding carboxylic acids is 1. The number of nitrogens with one attached hydrogen (secondary N) is 1. The molecule has 0 saturated heterocycles. The van der Waals surface area contributed by atoms with Crippen LogP contribution in [-0.4, -0.2) is 5.91 Å². The zero-order valence-electron chi connectivity index (χ0n) is 11.6. The molecule has 5 heteroatoms. The summed E-state index contributed by atoms with van der Waals surface area (Å²) in [6.07, 6.45) is 0. The van der Waals surface area contributed by atoms with E-state index in [2.05, 4.69) is 5.32 Å². The van der Waals surface area contributed by atoms with Crippen LogP contribution < -0.4 is 5.32 Å². The number of para-hydroxylation sites is 1. The van der Waals surface area contributed by atoms with Crippen LogP contribution >= 0.6 is 23.2 Å². The van der Waals surface area contributed by atoms with Crippen molar-refractivity contribution in [2.24, 2.45) is 0 Å². The highest BCUT2D eigenvalue weighted by Gasteiger charge is 2.16. The van der Waals surface area contributed by atoms with Crippen molar-refractivity contribution in [2.75, 3.05) is 5.32 Å². The molecule has 1 N–H and O–H groups in total. The molecule has 2 aromatic rings. The van der Waals surface area contributed by atoms with Crippen molar-refractivity contribution >= 4 is 34.8 Å². The molecule has 0 heterocycles. The lowest BCUT2D eigenvalue weighted by molar-refractivity contribution is 0.102. The predicted octanol–water partition coefficient (Wildman–Crippen LogP) is 5.51. The highest BCUT2D eigenvalue weighted by molar-refractivity contribution is 6.37. The van der Waals surface area contributed by atoms with Crippen molar-refractivity contribution in [1.29, 1.82) is 0 Å². The summed E-state index contributed by atoms with van der Waals surface area (Å²) in [6.45, 7) is 4.06. The molecule has 21 heavy (non-hydrogen) atoms. The summed E-state index contributed by atoms with van der Waals surface area (Å²) >= 11 is 11.6. The molecule has 0 bridgehead atoms. The van der Waals surface area contributed by atoms with E-state index in [1.807, 2.05) is 32.0 Å². The van der Waals surface area contributed by atoms with E-state index in [9.17, 15) is 9.18 Å². The Hall–Kier alpha value is -1.58. The van der Waals surface area contributed by atoms with Crippen molar-refractivity contribution in [3.63, 3.8) is 0 Å². The summed E-state index contributed by atoms with van der Waals surface area (Å²) in [5, 5.41) is 2.76. The van der Waals surface area contributed by atoms with Crippen molar-refractivity contribution in [2.45, 2.75) is 19.8 Å². The van der Waals surface area contributed by atoms with E-state index >= 15 is 0 Å². The quantitative estimate of drug-likeness (QED) is 0.741. The third-order valence-electron chi connectivity index (χ3n) is 3.09. The van der Waals surface area contributed by atoms with Gasteiger partial charge in [-0.2, -0.15) is 0 Å². The van der Waals surface area contributed by atoms with Crippen LogP contribution in [0.5, 0.6) is 0 Å². The summed E-state index contributed by atoms with van der Waals surface area (Å²) < 4.78 is 13.5. The average Bonchev–Trinajstić information content (AvgIpc) is 2.43. The number of anilines is 1. The van der Waals surface area contributed by atoms with Gasteiger partial charge >= 0.3 is 0 Å². The molecular weight excluding hydrogens is 312 g/mol. The number of halogens is 3. The molecule has 0 unspecified atom stereocenters. The van der Waals surface area contributed by atoms with Gasteiger partial charge in [-0.3, -0.25) is 4.79 Å². The van der Waals surface area contributed by atoms with Crippen LogP contribution in [0.15, 0.2) is 36.4 Å². The second-order valence-electron chi connectivity index (χ2n) is 4.94. The van der Waals surface area contributed by atoms with Crippen molar-refractivity contribution < 1.29 is 9.18 Å². The summed E-state index contributed by atoms with van der Waals surface area (Å²) in [5.41, 5.74) is 1.73. The summed E-state index contributed by atoms with van der Waals surface area (Å²) in [7, 11) is 0. The zero-order chi connectivity index (χ0) is 15.6. The first-order valence-electron chi connectivity index (χ1n) is 6.45. The average molecular weight is 326 g/mol. The summed E-state index contributed by atoms with van der Waals surface area (Å²) in [4.78, 5) is 12.3. The van der Waals surface area contributed by atoms with E-state index in [0.29, 0.717) is 5.69 Å². The third kappa shape index (κ3) is 3.55. The van der Waals surface area contributed by atoms with Crippen LogP contribution in [0.4, 0.5) is 10.1 Å². The van der Waals surface area contributed by atoms with Gasteiger partial charge in [0.15, 0.2) is 0 Å². The maximum Gasteiger partial charge on any atom is 0.257 e. The Kier molecular flexibility index (Phi) is 4.86. The first-order chi connectivity index (χ1) is 9.90. The lowest BCUT2D eigenvalue weighted by Crippen LogP contribution is -2.14. The molecule has 0 radical (unpaired) electrons. The van der Waals surface area contributed by atoms with Crippen LogP contribution in [0.2, 0.25) is 10.0 Å². The minimum absolute atomic E-state index is 0.0529. The van der Waals surface area contributed by atoms with E-state index in [0.717, 1.165) is 11.6 Å². The molecule has 0 aromatic heterocycles. The van der Waals surface area contributed by atoms with Crippen LogP contribution in [-0.2, 0) is 0 Å². The zero-order valence-corrected chi connectivity index (χ0v) is 13.1. The Morgan fingerprint density at radius 1 is 1.14 bits per heavy atom. The fraction of sp³-hybridized carbons (Fsp3) is 0.188. The van der Waals surface area contributed by atoms with Gasteiger partial charge in [0.2, 0.25) is 0 Å². The Bertz CT molecular complexity index is 686. The van der Waals surface area contributed by atoms with Crippen molar-refractivity contribution in [3.8, 4) is 0 Å². The molecule has 0 saturated carbocycles. The second kappa shape index (κ2) is 6.46. The molecular formula is C16H14Cl2FNO. The fourth-order valence-electron chi connectivity index (χ4n) is 2.00. The molecule has 0 spiro atoms.